The maximum Gasteiger partial charge on any atom is 0.131 e. The largest absolute Gasteiger partial charge is 0.489 e. The standard InChI is InChI=1S/C36H45FO/c1-2-3-4-5-7-10-27-13-14-31-24-32(16-15-30(31)23-27)33-19-22-35(36(37)25-33)29-17-20-34(21-18-29)38-26-28-11-8-6-9-12-28/h6,8-9,11-12,17-22,25,27,30-32H,2-5,7,10,13-16,23-24,26H2,1H3. The Balaban J connectivity index is 1.13. The number of hydrogen-bond acceptors (Lipinski definition) is 1. The molecule has 2 heteroatoms. The van der Waals surface area contributed by atoms with E-state index in [1.165, 1.54) is 82.6 Å². The van der Waals surface area contributed by atoms with E-state index in [1.54, 1.807) is 0 Å². The highest BCUT2D eigenvalue weighted by Crippen LogP contribution is 2.48. The second kappa shape index (κ2) is 13.5. The normalized spacial score (nSPS) is 23.1. The van der Waals surface area contributed by atoms with Gasteiger partial charge in [-0.25, -0.2) is 4.39 Å². The molecule has 0 heterocycles. The van der Waals surface area contributed by atoms with E-state index in [4.69, 9.17) is 4.74 Å². The molecule has 0 radical (unpaired) electrons. The molecule has 2 fully saturated rings. The van der Waals surface area contributed by atoms with E-state index in [2.05, 4.69) is 25.1 Å². The van der Waals surface area contributed by atoms with Crippen LogP contribution in [-0.4, -0.2) is 0 Å². The van der Waals surface area contributed by atoms with E-state index in [0.717, 1.165) is 34.6 Å². The van der Waals surface area contributed by atoms with Gasteiger partial charge in [-0.2, -0.15) is 0 Å². The lowest BCUT2D eigenvalue weighted by Crippen LogP contribution is -2.30. The van der Waals surface area contributed by atoms with Crippen LogP contribution in [0.15, 0.2) is 72.8 Å². The topological polar surface area (TPSA) is 9.23 Å². The third-order valence-corrected chi connectivity index (χ3v) is 9.32. The predicted molar refractivity (Wildman–Crippen MR) is 157 cm³/mol. The SMILES string of the molecule is CCCCCCCC1CCC2CC(c3ccc(-c4ccc(OCc5ccccc5)cc4)c(F)c3)CCC2C1. The zero-order valence-electron chi connectivity index (χ0n) is 23.2. The Morgan fingerprint density at radius 1 is 0.763 bits per heavy atom. The first-order valence-electron chi connectivity index (χ1n) is 15.3. The van der Waals surface area contributed by atoms with Crippen LogP contribution in [0.4, 0.5) is 4.39 Å². The van der Waals surface area contributed by atoms with Crippen LogP contribution in [0.25, 0.3) is 11.1 Å². The summed E-state index contributed by atoms with van der Waals surface area (Å²) in [7, 11) is 0. The molecule has 5 rings (SSSR count). The molecular formula is C36H45FO. The van der Waals surface area contributed by atoms with E-state index in [0.29, 0.717) is 18.1 Å². The van der Waals surface area contributed by atoms with Gasteiger partial charge in [0.05, 0.1) is 0 Å². The molecule has 4 atom stereocenters. The fourth-order valence-electron chi connectivity index (χ4n) is 7.08. The van der Waals surface area contributed by atoms with Gasteiger partial charge in [0.1, 0.15) is 18.2 Å². The number of hydrogen-bond donors (Lipinski definition) is 0. The molecule has 2 aliphatic rings. The molecule has 4 unspecified atom stereocenters. The number of unbranched alkanes of at least 4 members (excludes halogenated alkanes) is 4. The zero-order valence-corrected chi connectivity index (χ0v) is 23.2. The molecule has 0 saturated heterocycles. The maximum absolute atomic E-state index is 15.3. The van der Waals surface area contributed by atoms with Gasteiger partial charge in [0, 0.05) is 5.56 Å². The number of fused-ring (bicyclic) bond motifs is 1. The van der Waals surface area contributed by atoms with Crippen LogP contribution in [0.5, 0.6) is 5.75 Å². The van der Waals surface area contributed by atoms with Crippen LogP contribution in [0.3, 0.4) is 0 Å². The fraction of sp³-hybridized carbons (Fsp3) is 0.500. The van der Waals surface area contributed by atoms with E-state index in [9.17, 15) is 0 Å². The molecule has 0 aromatic heterocycles. The van der Waals surface area contributed by atoms with E-state index >= 15 is 4.39 Å². The van der Waals surface area contributed by atoms with Crippen molar-refractivity contribution in [3.05, 3.63) is 89.7 Å². The average Bonchev–Trinajstić information content (AvgIpc) is 2.96. The van der Waals surface area contributed by atoms with Crippen LogP contribution < -0.4 is 4.74 Å². The number of halogens is 1. The van der Waals surface area contributed by atoms with Crippen molar-refractivity contribution < 1.29 is 9.13 Å². The molecule has 1 nitrogen and oxygen atoms in total. The van der Waals surface area contributed by atoms with Crippen LogP contribution in [0.2, 0.25) is 0 Å². The lowest BCUT2D eigenvalue weighted by molar-refractivity contribution is 0.113. The molecular weight excluding hydrogens is 467 g/mol. The molecule has 0 aliphatic heterocycles. The molecule has 3 aromatic carbocycles. The van der Waals surface area contributed by atoms with Crippen LogP contribution in [0.1, 0.15) is 101 Å². The number of ether oxygens (including phenoxy) is 1. The summed E-state index contributed by atoms with van der Waals surface area (Å²) in [5, 5.41) is 0. The second-order valence-electron chi connectivity index (χ2n) is 12.0. The number of rotatable bonds is 11. The summed E-state index contributed by atoms with van der Waals surface area (Å²) < 4.78 is 21.2. The minimum atomic E-state index is -0.102. The number of benzene rings is 3. The highest BCUT2D eigenvalue weighted by atomic mass is 19.1. The van der Waals surface area contributed by atoms with Crippen LogP contribution >= 0.6 is 0 Å². The molecule has 0 spiro atoms. The fourth-order valence-corrected chi connectivity index (χ4v) is 7.08. The van der Waals surface area contributed by atoms with Crippen molar-refractivity contribution in [3.8, 4) is 16.9 Å². The molecule has 0 N–H and O–H groups in total. The first-order chi connectivity index (χ1) is 18.7. The van der Waals surface area contributed by atoms with E-state index in [-0.39, 0.29) is 5.82 Å². The molecule has 0 bridgehead atoms. The highest BCUT2D eigenvalue weighted by Gasteiger charge is 2.35. The van der Waals surface area contributed by atoms with Crippen molar-refractivity contribution >= 4 is 0 Å². The Labute approximate surface area is 229 Å². The van der Waals surface area contributed by atoms with Crippen molar-refractivity contribution in [2.45, 2.75) is 96.5 Å². The highest BCUT2D eigenvalue weighted by molar-refractivity contribution is 5.65. The summed E-state index contributed by atoms with van der Waals surface area (Å²) in [6.45, 7) is 2.83. The van der Waals surface area contributed by atoms with Crippen molar-refractivity contribution in [1.29, 1.82) is 0 Å². The van der Waals surface area contributed by atoms with Gasteiger partial charge in [-0.1, -0.05) is 106 Å². The van der Waals surface area contributed by atoms with E-state index in [1.807, 2.05) is 54.6 Å². The average molecular weight is 513 g/mol. The van der Waals surface area contributed by atoms with Gasteiger partial charge in [-0.15, -0.1) is 0 Å². The Morgan fingerprint density at radius 3 is 2.32 bits per heavy atom. The third kappa shape index (κ3) is 7.07. The van der Waals surface area contributed by atoms with Gasteiger partial charge >= 0.3 is 0 Å². The van der Waals surface area contributed by atoms with Crippen molar-refractivity contribution in [2.75, 3.05) is 0 Å². The third-order valence-electron chi connectivity index (χ3n) is 9.32. The van der Waals surface area contributed by atoms with Crippen LogP contribution in [0, 0.1) is 23.6 Å². The second-order valence-corrected chi connectivity index (χ2v) is 12.0. The Bertz CT molecular complexity index is 1120. The Morgan fingerprint density at radius 2 is 1.53 bits per heavy atom. The van der Waals surface area contributed by atoms with Crippen LogP contribution in [-0.2, 0) is 6.61 Å². The molecule has 38 heavy (non-hydrogen) atoms. The van der Waals surface area contributed by atoms with Gasteiger partial charge in [0.15, 0.2) is 0 Å². The zero-order chi connectivity index (χ0) is 26.2. The summed E-state index contributed by atoms with van der Waals surface area (Å²) in [6.07, 6.45) is 16.5. The van der Waals surface area contributed by atoms with Crippen molar-refractivity contribution in [3.63, 3.8) is 0 Å². The molecule has 2 saturated carbocycles. The van der Waals surface area contributed by atoms with Gasteiger partial charge in [0.2, 0.25) is 0 Å². The minimum Gasteiger partial charge on any atom is -0.489 e. The predicted octanol–water partition coefficient (Wildman–Crippen LogP) is 10.7. The quantitative estimate of drug-likeness (QED) is 0.232. The Hall–Kier alpha value is -2.61. The first kappa shape index (κ1) is 27.0. The van der Waals surface area contributed by atoms with Crippen molar-refractivity contribution in [1.82, 2.24) is 0 Å². The lowest BCUT2D eigenvalue weighted by Gasteiger charge is -2.42. The smallest absolute Gasteiger partial charge is 0.131 e. The van der Waals surface area contributed by atoms with Crippen molar-refractivity contribution in [2.24, 2.45) is 17.8 Å². The molecule has 202 valence electrons. The molecule has 3 aromatic rings. The Kier molecular flexibility index (Phi) is 9.55. The van der Waals surface area contributed by atoms with Gasteiger partial charge in [-0.05, 0) is 90.7 Å². The summed E-state index contributed by atoms with van der Waals surface area (Å²) in [5.74, 6) is 3.93. The summed E-state index contributed by atoms with van der Waals surface area (Å²) in [4.78, 5) is 0. The maximum atomic E-state index is 15.3. The lowest BCUT2D eigenvalue weighted by atomic mass is 9.63. The van der Waals surface area contributed by atoms with Gasteiger partial charge in [-0.3, -0.25) is 0 Å². The van der Waals surface area contributed by atoms with Gasteiger partial charge < -0.3 is 4.74 Å². The van der Waals surface area contributed by atoms with Gasteiger partial charge in [0.25, 0.3) is 0 Å². The molecule has 0 amide bonds. The molecule has 2 aliphatic carbocycles. The minimum absolute atomic E-state index is 0.102. The summed E-state index contributed by atoms with van der Waals surface area (Å²) >= 11 is 0. The summed E-state index contributed by atoms with van der Waals surface area (Å²) in [5.41, 5.74) is 3.91. The van der Waals surface area contributed by atoms with E-state index < -0.39 is 0 Å². The summed E-state index contributed by atoms with van der Waals surface area (Å²) in [6, 6.07) is 24.0. The monoisotopic (exact) mass is 512 g/mol. The first-order valence-corrected chi connectivity index (χ1v) is 15.3.